The van der Waals surface area contributed by atoms with Gasteiger partial charge in [-0.05, 0) is 32.9 Å². The number of methoxy groups -OCH3 is 1. The summed E-state index contributed by atoms with van der Waals surface area (Å²) in [6, 6.07) is 6.23. The highest BCUT2D eigenvalue weighted by atomic mass is 32.2. The lowest BCUT2D eigenvalue weighted by atomic mass is 9.99. The van der Waals surface area contributed by atoms with Gasteiger partial charge in [-0.25, -0.2) is 0 Å². The molecule has 1 saturated heterocycles. The molecule has 2 N–H and O–H groups in total. The van der Waals surface area contributed by atoms with Gasteiger partial charge in [-0.2, -0.15) is 8.42 Å². The molecular weight excluding hydrogens is 364 g/mol. The van der Waals surface area contributed by atoms with Crippen molar-refractivity contribution in [2.45, 2.75) is 62.5 Å². The van der Waals surface area contributed by atoms with Gasteiger partial charge in [0, 0.05) is 7.11 Å². The van der Waals surface area contributed by atoms with Gasteiger partial charge >= 0.3 is 0 Å². The Morgan fingerprint density at radius 2 is 1.77 bits per heavy atom. The zero-order valence-corrected chi connectivity index (χ0v) is 16.0. The summed E-state index contributed by atoms with van der Waals surface area (Å²) in [5.41, 5.74) is 0.921. The van der Waals surface area contributed by atoms with Gasteiger partial charge in [-0.1, -0.05) is 17.7 Å². The number of hydrogen-bond donors (Lipinski definition) is 2. The molecule has 0 bridgehead atoms. The van der Waals surface area contributed by atoms with Gasteiger partial charge in [-0.15, -0.1) is 0 Å². The molecule has 1 fully saturated rings. The van der Waals surface area contributed by atoms with Crippen LogP contribution in [0.25, 0.3) is 0 Å². The van der Waals surface area contributed by atoms with E-state index in [0.29, 0.717) is 0 Å². The van der Waals surface area contributed by atoms with Crippen LogP contribution in [0.4, 0.5) is 0 Å². The molecule has 26 heavy (non-hydrogen) atoms. The number of rotatable bonds is 7. The highest BCUT2D eigenvalue weighted by Gasteiger charge is 2.46. The second-order valence-electron chi connectivity index (χ2n) is 6.46. The first kappa shape index (κ1) is 21.2. The fraction of sp³-hybridized carbons (Fsp3) is 0.647. The first-order valence-electron chi connectivity index (χ1n) is 8.31. The van der Waals surface area contributed by atoms with Crippen molar-refractivity contribution in [2.75, 3.05) is 13.7 Å². The maximum atomic E-state index is 12.3. The fourth-order valence-electron chi connectivity index (χ4n) is 2.64. The molecule has 9 heteroatoms. The molecule has 1 aliphatic rings. The molecule has 4 unspecified atom stereocenters. The summed E-state index contributed by atoms with van der Waals surface area (Å²) in [4.78, 5) is 0.0171. The monoisotopic (exact) mass is 390 g/mol. The first-order valence-corrected chi connectivity index (χ1v) is 9.72. The summed E-state index contributed by atoms with van der Waals surface area (Å²) < 4.78 is 45.9. The van der Waals surface area contributed by atoms with Crippen LogP contribution in [0.2, 0.25) is 0 Å². The van der Waals surface area contributed by atoms with E-state index in [-0.39, 0.29) is 11.0 Å². The topological polar surface area (TPSA) is 112 Å². The van der Waals surface area contributed by atoms with E-state index in [0.717, 1.165) is 5.56 Å². The summed E-state index contributed by atoms with van der Waals surface area (Å²) >= 11 is 0. The number of aliphatic hydroxyl groups is 2. The summed E-state index contributed by atoms with van der Waals surface area (Å²) in [6.07, 6.45) is -5.93. The van der Waals surface area contributed by atoms with Crippen LogP contribution in [-0.4, -0.2) is 69.2 Å². The number of ether oxygens (including phenoxy) is 3. The molecule has 1 heterocycles. The Morgan fingerprint density at radius 1 is 1.15 bits per heavy atom. The van der Waals surface area contributed by atoms with E-state index in [1.165, 1.54) is 19.2 Å². The summed E-state index contributed by atoms with van der Waals surface area (Å²) in [5.74, 6) is 0. The number of hydrogen-bond acceptors (Lipinski definition) is 8. The zero-order chi connectivity index (χ0) is 19.5. The lowest BCUT2D eigenvalue weighted by molar-refractivity contribution is -0.310. The van der Waals surface area contributed by atoms with Crippen LogP contribution in [0.1, 0.15) is 19.4 Å². The highest BCUT2D eigenvalue weighted by Crippen LogP contribution is 2.26. The van der Waals surface area contributed by atoms with E-state index in [1.54, 1.807) is 26.0 Å². The maximum Gasteiger partial charge on any atom is 0.297 e. The van der Waals surface area contributed by atoms with Crippen LogP contribution in [0.3, 0.4) is 0 Å². The molecular formula is C17H26O8S. The second-order valence-corrected chi connectivity index (χ2v) is 8.08. The minimum atomic E-state index is -4.00. The molecule has 8 nitrogen and oxygen atoms in total. The maximum absolute atomic E-state index is 12.3. The Kier molecular flexibility index (Phi) is 7.14. The van der Waals surface area contributed by atoms with Gasteiger partial charge < -0.3 is 24.4 Å². The van der Waals surface area contributed by atoms with Crippen molar-refractivity contribution in [1.82, 2.24) is 0 Å². The first-order chi connectivity index (χ1) is 12.2. The average Bonchev–Trinajstić information content (AvgIpc) is 2.57. The minimum Gasteiger partial charge on any atom is -0.387 e. The van der Waals surface area contributed by atoms with Gasteiger partial charge in [0.25, 0.3) is 10.1 Å². The standard InChI is InChI=1S/C17H26O8S/c1-10(2)24-17-15(19)14(18)16(22-4)13(25-17)9-23-26(20,21)12-7-5-11(3)6-8-12/h5-8,10,13-19H,9H2,1-4H3/t13?,14?,15-,16?,17?/m0/s1. The van der Waals surface area contributed by atoms with E-state index >= 15 is 0 Å². The molecule has 0 saturated carbocycles. The van der Waals surface area contributed by atoms with Crippen molar-refractivity contribution in [3.8, 4) is 0 Å². The SMILES string of the molecule is COC1C(COS(=O)(=O)c2ccc(C)cc2)OC(OC(C)C)[C@@H](O)C1O. The molecule has 5 atom stereocenters. The van der Waals surface area contributed by atoms with Crippen molar-refractivity contribution in [3.05, 3.63) is 29.8 Å². The van der Waals surface area contributed by atoms with E-state index in [2.05, 4.69) is 0 Å². The van der Waals surface area contributed by atoms with Crippen LogP contribution in [-0.2, 0) is 28.5 Å². The Bertz CT molecular complexity index is 673. The number of aliphatic hydroxyl groups excluding tert-OH is 2. The van der Waals surface area contributed by atoms with Gasteiger partial charge in [0.2, 0.25) is 0 Å². The van der Waals surface area contributed by atoms with Crippen molar-refractivity contribution in [3.63, 3.8) is 0 Å². The van der Waals surface area contributed by atoms with E-state index in [9.17, 15) is 18.6 Å². The average molecular weight is 390 g/mol. The molecule has 0 spiro atoms. The smallest absolute Gasteiger partial charge is 0.297 e. The highest BCUT2D eigenvalue weighted by molar-refractivity contribution is 7.86. The third-order valence-electron chi connectivity index (χ3n) is 4.02. The van der Waals surface area contributed by atoms with Crippen LogP contribution in [0, 0.1) is 6.92 Å². The Labute approximate surface area is 153 Å². The normalized spacial score (nSPS) is 29.9. The quantitative estimate of drug-likeness (QED) is 0.651. The van der Waals surface area contributed by atoms with Crippen LogP contribution < -0.4 is 0 Å². The van der Waals surface area contributed by atoms with E-state index < -0.39 is 47.4 Å². The Morgan fingerprint density at radius 3 is 2.31 bits per heavy atom. The zero-order valence-electron chi connectivity index (χ0n) is 15.2. The summed E-state index contributed by atoms with van der Waals surface area (Å²) in [7, 11) is -2.67. The fourth-order valence-corrected chi connectivity index (χ4v) is 3.56. The van der Waals surface area contributed by atoms with Crippen molar-refractivity contribution >= 4 is 10.1 Å². The molecule has 1 aromatic rings. The lowest BCUT2D eigenvalue weighted by Gasteiger charge is -2.42. The van der Waals surface area contributed by atoms with Crippen LogP contribution in [0.15, 0.2) is 29.2 Å². The minimum absolute atomic E-state index is 0.0171. The summed E-state index contributed by atoms with van der Waals surface area (Å²) in [5, 5.41) is 20.3. The number of aryl methyl sites for hydroxylation is 1. The Balaban J connectivity index is 2.10. The largest absolute Gasteiger partial charge is 0.387 e. The van der Waals surface area contributed by atoms with Crippen LogP contribution >= 0.6 is 0 Å². The number of benzene rings is 1. The van der Waals surface area contributed by atoms with Crippen molar-refractivity contribution in [1.29, 1.82) is 0 Å². The predicted octanol–water partition coefficient (Wildman–Crippen LogP) is 0.587. The third kappa shape index (κ3) is 5.01. The molecule has 1 aliphatic heterocycles. The van der Waals surface area contributed by atoms with Gasteiger partial charge in [0.1, 0.15) is 24.4 Å². The van der Waals surface area contributed by atoms with Crippen LogP contribution in [0.5, 0.6) is 0 Å². The molecule has 1 aromatic carbocycles. The van der Waals surface area contributed by atoms with Gasteiger partial charge in [-0.3, -0.25) is 4.18 Å². The molecule has 0 radical (unpaired) electrons. The summed E-state index contributed by atoms with van der Waals surface area (Å²) in [6.45, 7) is 4.95. The van der Waals surface area contributed by atoms with E-state index in [4.69, 9.17) is 18.4 Å². The Hall–Kier alpha value is -1.07. The molecule has 2 rings (SSSR count). The van der Waals surface area contributed by atoms with Crippen molar-refractivity contribution in [2.24, 2.45) is 0 Å². The van der Waals surface area contributed by atoms with Gasteiger partial charge in [0.05, 0.1) is 17.6 Å². The third-order valence-corrected chi connectivity index (χ3v) is 5.31. The van der Waals surface area contributed by atoms with Crippen molar-refractivity contribution < 1.29 is 37.0 Å². The molecule has 148 valence electrons. The molecule has 0 amide bonds. The lowest BCUT2D eigenvalue weighted by Crippen LogP contribution is -2.60. The van der Waals surface area contributed by atoms with E-state index in [1.807, 2.05) is 6.92 Å². The molecule has 0 aromatic heterocycles. The second kappa shape index (κ2) is 8.75. The van der Waals surface area contributed by atoms with Gasteiger partial charge in [0.15, 0.2) is 6.29 Å². The molecule has 0 aliphatic carbocycles. The predicted molar refractivity (Wildman–Crippen MR) is 92.0 cm³/mol.